The van der Waals surface area contributed by atoms with E-state index in [1.54, 1.807) is 18.3 Å². The molecule has 14 heavy (non-hydrogen) atoms. The van der Waals surface area contributed by atoms with Gasteiger partial charge >= 0.3 is 0 Å². The molecule has 0 radical (unpaired) electrons. The van der Waals surface area contributed by atoms with Crippen molar-refractivity contribution < 1.29 is 9.49 Å². The number of rotatable bonds is 1. The number of non-ortho nitro benzene ring substituents is 1. The van der Waals surface area contributed by atoms with Gasteiger partial charge in [0.15, 0.2) is 12.4 Å². The molecule has 4 nitrogen and oxygen atoms in total. The first-order chi connectivity index (χ1) is 6.68. The van der Waals surface area contributed by atoms with Crippen LogP contribution in [-0.2, 0) is 7.05 Å². The summed E-state index contributed by atoms with van der Waals surface area (Å²) in [6.45, 7) is 0. The molecule has 0 unspecified atom stereocenters. The minimum atomic E-state index is -0.359. The molecule has 0 aliphatic carbocycles. The van der Waals surface area contributed by atoms with Crippen molar-refractivity contribution in [2.24, 2.45) is 7.05 Å². The van der Waals surface area contributed by atoms with Gasteiger partial charge in [-0.1, -0.05) is 6.07 Å². The molecule has 0 fully saturated rings. The minimum Gasteiger partial charge on any atom is -0.258 e. The van der Waals surface area contributed by atoms with Crippen LogP contribution in [0.5, 0.6) is 0 Å². The Balaban J connectivity index is 2.81. The average Bonchev–Trinajstić information content (AvgIpc) is 2.16. The molecule has 2 aromatic rings. The zero-order chi connectivity index (χ0) is 10.1. The van der Waals surface area contributed by atoms with Crippen molar-refractivity contribution in [3.05, 3.63) is 46.8 Å². The number of fused-ring (bicyclic) bond motifs is 1. The first kappa shape index (κ1) is 8.62. The van der Waals surface area contributed by atoms with Gasteiger partial charge in [0.2, 0.25) is 0 Å². The van der Waals surface area contributed by atoms with Gasteiger partial charge in [-0.3, -0.25) is 10.1 Å². The standard InChI is InChI=1S/C10H9N2O2/c1-11-6-5-9-8(7-11)3-2-4-10(9)12(13)14/h2-7H,1H3/q+1. The second-order valence-electron chi connectivity index (χ2n) is 3.15. The molecule has 0 spiro atoms. The highest BCUT2D eigenvalue weighted by molar-refractivity contribution is 5.89. The van der Waals surface area contributed by atoms with Crippen LogP contribution in [0.4, 0.5) is 5.69 Å². The minimum absolute atomic E-state index is 0.156. The second-order valence-corrected chi connectivity index (χ2v) is 3.15. The third-order valence-corrected chi connectivity index (χ3v) is 2.13. The Bertz CT molecular complexity index is 508. The molecule has 0 saturated heterocycles. The highest BCUT2D eigenvalue weighted by Gasteiger charge is 2.12. The predicted octanol–water partition coefficient (Wildman–Crippen LogP) is 1.57. The maximum Gasteiger partial charge on any atom is 0.277 e. The molecule has 0 amide bonds. The lowest BCUT2D eigenvalue weighted by atomic mass is 10.1. The number of pyridine rings is 1. The van der Waals surface area contributed by atoms with Gasteiger partial charge in [-0.05, 0) is 6.07 Å². The van der Waals surface area contributed by atoms with Crippen LogP contribution in [0.1, 0.15) is 0 Å². The van der Waals surface area contributed by atoms with Crippen LogP contribution in [0.2, 0.25) is 0 Å². The zero-order valence-corrected chi connectivity index (χ0v) is 7.68. The lowest BCUT2D eigenvalue weighted by Gasteiger charge is -1.96. The van der Waals surface area contributed by atoms with Gasteiger partial charge in [0.05, 0.1) is 15.7 Å². The number of nitro benzene ring substituents is 1. The third kappa shape index (κ3) is 1.31. The molecule has 70 valence electrons. The molecule has 0 saturated carbocycles. The van der Waals surface area contributed by atoms with E-state index < -0.39 is 0 Å². The molecule has 4 heteroatoms. The summed E-state index contributed by atoms with van der Waals surface area (Å²) in [5.41, 5.74) is 0.156. The summed E-state index contributed by atoms with van der Waals surface area (Å²) >= 11 is 0. The summed E-state index contributed by atoms with van der Waals surface area (Å²) in [6.07, 6.45) is 3.66. The number of hydrogen-bond acceptors (Lipinski definition) is 2. The smallest absolute Gasteiger partial charge is 0.258 e. The van der Waals surface area contributed by atoms with E-state index in [2.05, 4.69) is 0 Å². The van der Waals surface area contributed by atoms with Crippen molar-refractivity contribution in [1.29, 1.82) is 0 Å². The maximum absolute atomic E-state index is 10.7. The number of hydrogen-bond donors (Lipinski definition) is 0. The van der Waals surface area contributed by atoms with Gasteiger partial charge in [0.1, 0.15) is 7.05 Å². The topological polar surface area (TPSA) is 47.0 Å². The van der Waals surface area contributed by atoms with Crippen LogP contribution in [0.25, 0.3) is 10.8 Å². The van der Waals surface area contributed by atoms with Gasteiger partial charge in [-0.2, -0.15) is 0 Å². The van der Waals surface area contributed by atoms with E-state index in [1.807, 2.05) is 23.9 Å². The molecular formula is C10H9N2O2+. The van der Waals surface area contributed by atoms with Crippen LogP contribution in [0.3, 0.4) is 0 Å². The molecule has 0 atom stereocenters. The van der Waals surface area contributed by atoms with E-state index in [9.17, 15) is 10.1 Å². The number of nitrogens with zero attached hydrogens (tertiary/aromatic N) is 2. The van der Waals surface area contributed by atoms with Gasteiger partial charge in [-0.15, -0.1) is 0 Å². The fraction of sp³-hybridized carbons (Fsp3) is 0.100. The second kappa shape index (κ2) is 3.06. The summed E-state index contributed by atoms with van der Waals surface area (Å²) in [4.78, 5) is 10.3. The fourth-order valence-corrected chi connectivity index (χ4v) is 1.48. The highest BCUT2D eigenvalue weighted by Crippen LogP contribution is 2.23. The quantitative estimate of drug-likeness (QED) is 0.388. The summed E-state index contributed by atoms with van der Waals surface area (Å²) in [7, 11) is 1.89. The lowest BCUT2D eigenvalue weighted by Crippen LogP contribution is -2.25. The van der Waals surface area contributed by atoms with Gasteiger partial charge in [-0.25, -0.2) is 4.57 Å². The van der Waals surface area contributed by atoms with Gasteiger partial charge in [0.25, 0.3) is 5.69 Å². The molecule has 1 aromatic carbocycles. The zero-order valence-electron chi connectivity index (χ0n) is 7.68. The van der Waals surface area contributed by atoms with Gasteiger partial charge in [0, 0.05) is 12.1 Å². The fourth-order valence-electron chi connectivity index (χ4n) is 1.48. The lowest BCUT2D eigenvalue weighted by molar-refractivity contribution is -0.670. The molecule has 0 aliphatic rings. The largest absolute Gasteiger partial charge is 0.277 e. The van der Waals surface area contributed by atoms with Crippen LogP contribution < -0.4 is 4.57 Å². The molecule has 0 bridgehead atoms. The number of benzene rings is 1. The van der Waals surface area contributed by atoms with Crippen molar-refractivity contribution >= 4 is 16.5 Å². The van der Waals surface area contributed by atoms with Crippen molar-refractivity contribution in [1.82, 2.24) is 0 Å². The molecule has 0 aliphatic heterocycles. The maximum atomic E-state index is 10.7. The molecule has 2 rings (SSSR count). The number of nitro groups is 1. The van der Waals surface area contributed by atoms with Crippen molar-refractivity contribution in [2.75, 3.05) is 0 Å². The van der Waals surface area contributed by atoms with Crippen LogP contribution in [0.15, 0.2) is 36.7 Å². The molecule has 1 heterocycles. The van der Waals surface area contributed by atoms with E-state index in [1.165, 1.54) is 6.07 Å². The Labute approximate surface area is 80.6 Å². The Hall–Kier alpha value is -1.97. The number of aryl methyl sites for hydroxylation is 1. The SMILES string of the molecule is C[n+]1ccc2c([N+](=O)[O-])cccc2c1. The third-order valence-electron chi connectivity index (χ3n) is 2.13. The van der Waals surface area contributed by atoms with E-state index in [4.69, 9.17) is 0 Å². The van der Waals surface area contributed by atoms with Crippen molar-refractivity contribution in [3.63, 3.8) is 0 Å². The molecular weight excluding hydrogens is 180 g/mol. The monoisotopic (exact) mass is 189 g/mol. The first-order valence-corrected chi connectivity index (χ1v) is 4.21. The van der Waals surface area contributed by atoms with Crippen molar-refractivity contribution in [2.45, 2.75) is 0 Å². The van der Waals surface area contributed by atoms with E-state index in [-0.39, 0.29) is 10.6 Å². The van der Waals surface area contributed by atoms with Crippen LogP contribution >= 0.6 is 0 Å². The van der Waals surface area contributed by atoms with E-state index in [0.717, 1.165) is 5.39 Å². The highest BCUT2D eigenvalue weighted by atomic mass is 16.6. The Morgan fingerprint density at radius 2 is 2.14 bits per heavy atom. The van der Waals surface area contributed by atoms with Crippen LogP contribution in [0, 0.1) is 10.1 Å². The van der Waals surface area contributed by atoms with E-state index >= 15 is 0 Å². The Kier molecular flexibility index (Phi) is 1.89. The normalized spacial score (nSPS) is 10.4. The first-order valence-electron chi connectivity index (χ1n) is 4.21. The average molecular weight is 189 g/mol. The Morgan fingerprint density at radius 3 is 2.86 bits per heavy atom. The summed E-state index contributed by atoms with van der Waals surface area (Å²) in [5.74, 6) is 0. The predicted molar refractivity (Wildman–Crippen MR) is 51.8 cm³/mol. The molecule has 0 N–H and O–H groups in total. The van der Waals surface area contributed by atoms with E-state index in [0.29, 0.717) is 5.39 Å². The summed E-state index contributed by atoms with van der Waals surface area (Å²) in [6, 6.07) is 6.83. The summed E-state index contributed by atoms with van der Waals surface area (Å²) < 4.78 is 1.87. The van der Waals surface area contributed by atoms with Crippen LogP contribution in [-0.4, -0.2) is 4.92 Å². The Morgan fingerprint density at radius 1 is 1.36 bits per heavy atom. The van der Waals surface area contributed by atoms with Crippen molar-refractivity contribution in [3.8, 4) is 0 Å². The molecule has 1 aromatic heterocycles. The van der Waals surface area contributed by atoms with Gasteiger partial charge < -0.3 is 0 Å². The summed E-state index contributed by atoms with van der Waals surface area (Å²) in [5, 5.41) is 12.3. The number of aromatic nitrogens is 1.